The van der Waals surface area contributed by atoms with Gasteiger partial charge in [-0.2, -0.15) is 0 Å². The number of rotatable bonds is 9. The van der Waals surface area contributed by atoms with E-state index in [9.17, 15) is 14.7 Å². The van der Waals surface area contributed by atoms with Crippen LogP contribution in [0.15, 0.2) is 60.7 Å². The molecule has 2 rings (SSSR count). The minimum Gasteiger partial charge on any atom is -0.480 e. The average molecular weight is 443 g/mol. The monoisotopic (exact) mass is 442 g/mol. The Hall–Kier alpha value is -2.93. The number of alkyl carbamates (subject to hydrolysis) is 1. The number of carbonyl (C=O) groups is 2. The van der Waals surface area contributed by atoms with E-state index in [2.05, 4.69) is 10.6 Å². The van der Waals surface area contributed by atoms with Gasteiger partial charge in [0.05, 0.1) is 11.0 Å². The summed E-state index contributed by atoms with van der Waals surface area (Å²) < 4.78 is 5.36. The van der Waals surface area contributed by atoms with E-state index >= 15 is 0 Å². The first-order chi connectivity index (χ1) is 14.6. The van der Waals surface area contributed by atoms with Crippen LogP contribution in [0.2, 0.25) is 0 Å². The summed E-state index contributed by atoms with van der Waals surface area (Å²) in [7, 11) is 0. The van der Waals surface area contributed by atoms with Gasteiger partial charge in [-0.15, -0.1) is 0 Å². The zero-order chi connectivity index (χ0) is 22.9. The smallest absolute Gasteiger partial charge is 0.408 e. The van der Waals surface area contributed by atoms with Crippen LogP contribution in [0, 0.1) is 0 Å². The lowest BCUT2D eigenvalue weighted by atomic mass is 10.0. The molecule has 0 aromatic heterocycles. The Morgan fingerprint density at radius 2 is 1.48 bits per heavy atom. The Bertz CT molecular complexity index is 866. The van der Waals surface area contributed by atoms with E-state index < -0.39 is 29.7 Å². The second-order valence-corrected chi connectivity index (χ2v) is 8.75. The first-order valence-corrected chi connectivity index (χ1v) is 10.7. The highest BCUT2D eigenvalue weighted by atomic mass is 32.1. The number of benzene rings is 2. The van der Waals surface area contributed by atoms with Crippen molar-refractivity contribution in [3.8, 4) is 0 Å². The number of carbonyl (C=O) groups excluding carboxylic acids is 1. The molecule has 0 aliphatic rings. The molecule has 0 heterocycles. The van der Waals surface area contributed by atoms with Gasteiger partial charge in [0.25, 0.3) is 0 Å². The number of thiocarbonyl (C=S) groups is 1. The molecule has 2 aromatic rings. The number of aryl methyl sites for hydroxylation is 1. The van der Waals surface area contributed by atoms with E-state index in [0.717, 1.165) is 11.1 Å². The van der Waals surface area contributed by atoms with E-state index in [0.29, 0.717) is 12.8 Å². The van der Waals surface area contributed by atoms with Gasteiger partial charge in [-0.1, -0.05) is 72.9 Å². The maximum Gasteiger partial charge on any atom is 0.408 e. The number of carboxylic acid groups (broad SMARTS) is 1. The largest absolute Gasteiger partial charge is 0.480 e. The van der Waals surface area contributed by atoms with E-state index in [1.807, 2.05) is 60.7 Å². The molecule has 3 N–H and O–H groups in total. The Morgan fingerprint density at radius 3 is 2.00 bits per heavy atom. The van der Waals surface area contributed by atoms with Gasteiger partial charge >= 0.3 is 12.1 Å². The quantitative estimate of drug-likeness (QED) is 0.506. The van der Waals surface area contributed by atoms with Crippen molar-refractivity contribution < 1.29 is 19.4 Å². The number of hydrogen-bond donors (Lipinski definition) is 3. The highest BCUT2D eigenvalue weighted by Gasteiger charge is 2.26. The molecular formula is C24H30N2O4S. The van der Waals surface area contributed by atoms with Gasteiger partial charge in [-0.05, 0) is 44.7 Å². The second-order valence-electron chi connectivity index (χ2n) is 8.31. The molecule has 6 nitrogen and oxygen atoms in total. The summed E-state index contributed by atoms with van der Waals surface area (Å²) in [6.07, 6.45) is 0.852. The van der Waals surface area contributed by atoms with Gasteiger partial charge in [0.15, 0.2) is 0 Å². The molecule has 0 saturated heterocycles. The van der Waals surface area contributed by atoms with Gasteiger partial charge in [-0.25, -0.2) is 9.59 Å². The normalized spacial score (nSPS) is 13.0. The van der Waals surface area contributed by atoms with Crippen LogP contribution in [0.4, 0.5) is 4.79 Å². The summed E-state index contributed by atoms with van der Waals surface area (Å²) in [5, 5.41) is 15.4. The molecular weight excluding hydrogens is 412 g/mol. The molecule has 0 radical (unpaired) electrons. The number of nitrogens with one attached hydrogen (secondary N) is 2. The number of hydrogen-bond acceptors (Lipinski definition) is 4. The van der Waals surface area contributed by atoms with Crippen molar-refractivity contribution in [2.75, 3.05) is 0 Å². The maximum absolute atomic E-state index is 12.4. The lowest BCUT2D eigenvalue weighted by Gasteiger charge is -2.26. The Morgan fingerprint density at radius 1 is 0.935 bits per heavy atom. The van der Waals surface area contributed by atoms with Crippen molar-refractivity contribution in [1.29, 1.82) is 0 Å². The second kappa shape index (κ2) is 11.5. The lowest BCUT2D eigenvalue weighted by Crippen LogP contribution is -2.52. The van der Waals surface area contributed by atoms with Crippen LogP contribution < -0.4 is 10.6 Å². The summed E-state index contributed by atoms with van der Waals surface area (Å²) in [5.74, 6) is -1.01. The summed E-state index contributed by atoms with van der Waals surface area (Å²) >= 11 is 5.52. The third kappa shape index (κ3) is 9.17. The molecule has 0 bridgehead atoms. The molecule has 166 valence electrons. The standard InChI is InChI=1S/C24H30N2O4S/c1-24(2,3)30-23(29)26-19(15-14-17-10-6-4-7-11-17)21(31)25-20(22(27)28)16-18-12-8-5-9-13-18/h4-13,19-20H,14-16H2,1-3H3,(H,25,31)(H,26,29)(H,27,28)/t19-,20+/m1/s1. The van der Waals surface area contributed by atoms with Crippen LogP contribution in [-0.2, 0) is 22.4 Å². The molecule has 7 heteroatoms. The molecule has 0 saturated carbocycles. The van der Waals surface area contributed by atoms with Gasteiger partial charge in [0.2, 0.25) is 0 Å². The van der Waals surface area contributed by atoms with E-state index in [4.69, 9.17) is 17.0 Å². The number of ether oxygens (including phenoxy) is 1. The fourth-order valence-electron chi connectivity index (χ4n) is 3.00. The molecule has 0 fully saturated rings. The molecule has 0 aliphatic heterocycles. The van der Waals surface area contributed by atoms with Crippen LogP contribution in [0.5, 0.6) is 0 Å². The molecule has 2 atom stereocenters. The Kier molecular flexibility index (Phi) is 9.00. The average Bonchev–Trinajstić information content (AvgIpc) is 2.70. The van der Waals surface area contributed by atoms with Gasteiger partial charge in [0.1, 0.15) is 11.6 Å². The van der Waals surface area contributed by atoms with Gasteiger partial charge < -0.3 is 20.5 Å². The van der Waals surface area contributed by atoms with Crippen molar-refractivity contribution >= 4 is 29.3 Å². The van der Waals surface area contributed by atoms with Crippen molar-refractivity contribution in [2.24, 2.45) is 0 Å². The fourth-order valence-corrected chi connectivity index (χ4v) is 3.32. The zero-order valence-corrected chi connectivity index (χ0v) is 18.9. The fraction of sp³-hybridized carbons (Fsp3) is 0.375. The first-order valence-electron chi connectivity index (χ1n) is 10.2. The molecule has 0 spiro atoms. The Balaban J connectivity index is 2.10. The molecule has 1 amide bonds. The van der Waals surface area contributed by atoms with Crippen LogP contribution in [0.25, 0.3) is 0 Å². The Labute approximate surface area is 189 Å². The van der Waals surface area contributed by atoms with Gasteiger partial charge in [0, 0.05) is 6.42 Å². The molecule has 2 aromatic carbocycles. The minimum atomic E-state index is -1.01. The van der Waals surface area contributed by atoms with Crippen LogP contribution in [0.3, 0.4) is 0 Å². The van der Waals surface area contributed by atoms with Crippen molar-refractivity contribution in [1.82, 2.24) is 10.6 Å². The summed E-state index contributed by atoms with van der Waals surface area (Å²) in [4.78, 5) is 24.4. The third-order valence-electron chi connectivity index (χ3n) is 4.47. The highest BCUT2D eigenvalue weighted by molar-refractivity contribution is 7.80. The summed E-state index contributed by atoms with van der Waals surface area (Å²) in [6.45, 7) is 5.34. The topological polar surface area (TPSA) is 87.7 Å². The van der Waals surface area contributed by atoms with E-state index in [1.165, 1.54) is 0 Å². The predicted octanol–water partition coefficient (Wildman–Crippen LogP) is 4.13. The number of amides is 1. The molecule has 31 heavy (non-hydrogen) atoms. The number of aliphatic carboxylic acids is 1. The third-order valence-corrected chi connectivity index (χ3v) is 4.87. The molecule has 0 aliphatic carbocycles. The van der Waals surface area contributed by atoms with Crippen molar-refractivity contribution in [3.63, 3.8) is 0 Å². The van der Waals surface area contributed by atoms with Crippen LogP contribution >= 0.6 is 12.2 Å². The minimum absolute atomic E-state index is 0.269. The predicted molar refractivity (Wildman–Crippen MR) is 125 cm³/mol. The SMILES string of the molecule is CC(C)(C)OC(=O)N[C@H](CCc1ccccc1)C(=S)N[C@@H](Cc1ccccc1)C(=O)O. The zero-order valence-electron chi connectivity index (χ0n) is 18.1. The lowest BCUT2D eigenvalue weighted by molar-refractivity contribution is -0.139. The number of carboxylic acids is 1. The maximum atomic E-state index is 12.4. The van der Waals surface area contributed by atoms with E-state index in [1.54, 1.807) is 20.8 Å². The summed E-state index contributed by atoms with van der Waals surface area (Å²) in [5.41, 5.74) is 1.33. The van der Waals surface area contributed by atoms with Crippen molar-refractivity contribution in [2.45, 2.75) is 57.7 Å². The molecule has 0 unspecified atom stereocenters. The van der Waals surface area contributed by atoms with E-state index in [-0.39, 0.29) is 11.4 Å². The summed E-state index contributed by atoms with van der Waals surface area (Å²) in [6, 6.07) is 17.7. The first kappa shape index (κ1) is 24.3. The van der Waals surface area contributed by atoms with Gasteiger partial charge in [-0.3, -0.25) is 0 Å². The van der Waals surface area contributed by atoms with Crippen LogP contribution in [-0.4, -0.2) is 39.8 Å². The van der Waals surface area contributed by atoms with Crippen molar-refractivity contribution in [3.05, 3.63) is 71.8 Å². The highest BCUT2D eigenvalue weighted by Crippen LogP contribution is 2.11. The van der Waals surface area contributed by atoms with Crippen LogP contribution in [0.1, 0.15) is 38.3 Å².